The first kappa shape index (κ1) is 50.8. The van der Waals surface area contributed by atoms with Crippen molar-refractivity contribution in [1.29, 1.82) is 0 Å². The van der Waals surface area contributed by atoms with Crippen molar-refractivity contribution in [2.45, 2.75) is 140 Å². The van der Waals surface area contributed by atoms with Crippen LogP contribution in [0.2, 0.25) is 0 Å². The maximum Gasteiger partial charge on any atom is 0.407 e. The molecule has 4 aliphatic rings. The second-order valence-corrected chi connectivity index (χ2v) is 20.1. The third-order valence-corrected chi connectivity index (χ3v) is 15.2. The lowest BCUT2D eigenvalue weighted by atomic mass is 9.85. The maximum absolute atomic E-state index is 14.7. The van der Waals surface area contributed by atoms with E-state index in [4.69, 9.17) is 40.1 Å². The van der Waals surface area contributed by atoms with E-state index in [1.54, 1.807) is 23.2 Å². The molecule has 17 heteroatoms. The highest BCUT2D eigenvalue weighted by Gasteiger charge is 2.45. The molecule has 384 valence electrons. The summed E-state index contributed by atoms with van der Waals surface area (Å²) in [5, 5.41) is 7.59. The van der Waals surface area contributed by atoms with Gasteiger partial charge in [-0.2, -0.15) is 0 Å². The molecule has 73 heavy (non-hydrogen) atoms. The van der Waals surface area contributed by atoms with Crippen molar-refractivity contribution in [3.8, 4) is 40.5 Å². The largest absolute Gasteiger partial charge is 0.488 e. The number of ether oxygens (including phenoxy) is 5. The number of aromatic nitrogens is 4. The highest BCUT2D eigenvalue weighted by Crippen LogP contribution is 2.44. The maximum atomic E-state index is 14.7. The number of carbonyl (C=O) groups excluding carboxylic acids is 4. The first-order chi connectivity index (χ1) is 35.2. The number of methoxy groups -OCH3 is 2. The van der Waals surface area contributed by atoms with E-state index < -0.39 is 30.4 Å². The van der Waals surface area contributed by atoms with E-state index in [1.165, 1.54) is 14.2 Å². The number of hydrogen-bond donors (Lipinski definition) is 4. The van der Waals surface area contributed by atoms with Gasteiger partial charge in [-0.3, -0.25) is 9.59 Å². The number of amides is 4. The summed E-state index contributed by atoms with van der Waals surface area (Å²) in [7, 11) is 2.57. The van der Waals surface area contributed by atoms with Gasteiger partial charge in [-0.15, -0.1) is 19.6 Å². The molecule has 11 atom stereocenters. The zero-order valence-electron chi connectivity index (χ0n) is 42.4. The molecule has 6 heterocycles. The van der Waals surface area contributed by atoms with Gasteiger partial charge in [0.05, 0.1) is 68.0 Å². The van der Waals surface area contributed by atoms with Crippen LogP contribution in [0.15, 0.2) is 74.0 Å². The molecule has 4 amide bonds. The van der Waals surface area contributed by atoms with Crippen LogP contribution in [-0.2, 0) is 41.7 Å². The molecule has 17 nitrogen and oxygen atoms in total. The average Bonchev–Trinajstić information content (AvgIpc) is 4.16. The number of nitrogens with zero attached hydrogens (tertiary/aromatic N) is 4. The van der Waals surface area contributed by atoms with E-state index in [2.05, 4.69) is 70.0 Å². The van der Waals surface area contributed by atoms with Gasteiger partial charge in [0, 0.05) is 23.0 Å². The van der Waals surface area contributed by atoms with Crippen LogP contribution in [0.4, 0.5) is 9.59 Å². The Morgan fingerprint density at radius 1 is 0.932 bits per heavy atom. The Labute approximate surface area is 425 Å². The zero-order valence-corrected chi connectivity index (χ0v) is 42.4. The molecule has 5 aromatic rings. The van der Waals surface area contributed by atoms with Crippen molar-refractivity contribution >= 4 is 45.8 Å². The number of H-pyrrole nitrogens is 2. The van der Waals surface area contributed by atoms with Crippen molar-refractivity contribution < 1.29 is 42.9 Å². The van der Waals surface area contributed by atoms with Crippen LogP contribution in [0, 0.1) is 24.2 Å². The molecule has 0 saturated carbocycles. The summed E-state index contributed by atoms with van der Waals surface area (Å²) in [6, 6.07) is 12.1. The number of carbonyl (C=O) groups is 4. The minimum Gasteiger partial charge on any atom is -0.488 e. The molecule has 0 aliphatic carbocycles. The summed E-state index contributed by atoms with van der Waals surface area (Å²) in [6.07, 6.45) is 12.8. The second-order valence-electron chi connectivity index (χ2n) is 20.1. The number of alkyl carbamates (subject to hydrolysis) is 2. The Morgan fingerprint density at radius 2 is 1.67 bits per heavy atom. The fraction of sp³-hybridized carbons (Fsp3) is 0.464. The summed E-state index contributed by atoms with van der Waals surface area (Å²) in [6.45, 7) is 16.2. The van der Waals surface area contributed by atoms with Gasteiger partial charge in [0.25, 0.3) is 0 Å². The second kappa shape index (κ2) is 21.5. The molecule has 3 aromatic carbocycles. The van der Waals surface area contributed by atoms with Crippen LogP contribution in [0.1, 0.15) is 95.9 Å². The van der Waals surface area contributed by atoms with E-state index in [1.807, 2.05) is 44.7 Å². The highest BCUT2D eigenvalue weighted by molar-refractivity contribution is 6.07. The molecule has 0 bridgehead atoms. The van der Waals surface area contributed by atoms with Gasteiger partial charge in [0.2, 0.25) is 11.8 Å². The smallest absolute Gasteiger partial charge is 0.407 e. The minimum absolute atomic E-state index is 0.104. The van der Waals surface area contributed by atoms with Gasteiger partial charge in [0.15, 0.2) is 0 Å². The summed E-state index contributed by atoms with van der Waals surface area (Å²) in [4.78, 5) is 75.1. The molecule has 3 saturated heterocycles. The van der Waals surface area contributed by atoms with E-state index in [0.717, 1.165) is 61.9 Å². The van der Waals surface area contributed by atoms with E-state index in [9.17, 15) is 19.2 Å². The normalized spacial score (nSPS) is 24.7. The van der Waals surface area contributed by atoms with Crippen LogP contribution < -0.4 is 15.4 Å². The van der Waals surface area contributed by atoms with Crippen molar-refractivity contribution in [3.63, 3.8) is 0 Å². The molecule has 3 fully saturated rings. The topological polar surface area (TPSA) is 202 Å². The molecule has 0 radical (unpaired) electrons. The lowest BCUT2D eigenvalue weighted by Gasteiger charge is -2.39. The quantitative estimate of drug-likeness (QED) is 0.0613. The van der Waals surface area contributed by atoms with Gasteiger partial charge in [-0.25, -0.2) is 19.6 Å². The Hall–Kier alpha value is -7.16. The number of fused-ring (bicyclic) bond motifs is 6. The van der Waals surface area contributed by atoms with Crippen LogP contribution in [0.3, 0.4) is 0 Å². The molecule has 2 unspecified atom stereocenters. The first-order valence-corrected chi connectivity index (χ1v) is 25.3. The number of nitrogens with one attached hydrogen (secondary N) is 4. The van der Waals surface area contributed by atoms with Crippen LogP contribution in [0.5, 0.6) is 5.75 Å². The molecular weight excluding hydrogens is 929 g/mol. The number of aromatic amines is 2. The molecule has 2 aromatic heterocycles. The number of terminal acetylenes is 1. The predicted molar refractivity (Wildman–Crippen MR) is 276 cm³/mol. The average molecular weight is 995 g/mol. The van der Waals surface area contributed by atoms with Gasteiger partial charge >= 0.3 is 12.2 Å². The summed E-state index contributed by atoms with van der Waals surface area (Å²) in [5.74, 6) is 3.78. The molecule has 4 aliphatic heterocycles. The number of hydrogen-bond acceptors (Lipinski definition) is 11. The van der Waals surface area contributed by atoms with Crippen molar-refractivity contribution in [1.82, 2.24) is 40.4 Å². The fourth-order valence-corrected chi connectivity index (χ4v) is 11.5. The van der Waals surface area contributed by atoms with Crippen LogP contribution >= 0.6 is 0 Å². The van der Waals surface area contributed by atoms with Gasteiger partial charge in [0.1, 0.15) is 42.2 Å². The van der Waals surface area contributed by atoms with Crippen molar-refractivity contribution in [3.05, 3.63) is 91.2 Å². The van der Waals surface area contributed by atoms with E-state index in [-0.39, 0.29) is 66.6 Å². The first-order valence-electron chi connectivity index (χ1n) is 25.3. The number of likely N-dealkylation sites (tertiary alicyclic amines) is 1. The van der Waals surface area contributed by atoms with Gasteiger partial charge < -0.3 is 54.1 Å². The Morgan fingerprint density at radius 3 is 2.40 bits per heavy atom. The van der Waals surface area contributed by atoms with E-state index in [0.29, 0.717) is 56.8 Å². The molecular formula is C56H66N8O9. The number of imidazole rings is 2. The molecule has 0 spiro atoms. The van der Waals surface area contributed by atoms with Crippen LogP contribution in [-0.4, -0.2) is 117 Å². The summed E-state index contributed by atoms with van der Waals surface area (Å²) >= 11 is 0. The standard InChI is InChI=1S/C56H66N8O9/c1-10-13-30(4)63(53(65)49(61-55(67)69-8)36-20-32(6)72-39(11-2)23-36)28-48-57-27-45(58-48)35-15-17-41-38(22-35)29-71-47-26-42-34(25-43(41)47)16-18-44-51(42)60-52(59-44)46-19-14-31(5)64(46)54(66)50(62-56(68)70-9)37-21-33(7)73-40(12-3)24-37/h3,10-11,15-18,22,25-27,30-33,36-37,39-40,46,49-50H,1-2,13-14,19-21,23-24,28-29H2,4-9H3,(H,57,58)(H,59,60)(H,61,67)(H,62,68)/t30-,31-,32+,33+,36?,37?,39+,40+,46-,49-,50-/m0/s1. The highest BCUT2D eigenvalue weighted by atomic mass is 16.5. The lowest BCUT2D eigenvalue weighted by molar-refractivity contribution is -0.140. The van der Waals surface area contributed by atoms with E-state index >= 15 is 0 Å². The fourth-order valence-electron chi connectivity index (χ4n) is 11.5. The predicted octanol–water partition coefficient (Wildman–Crippen LogP) is 8.65. The summed E-state index contributed by atoms with van der Waals surface area (Å²) in [5.41, 5.74) is 6.31. The number of benzene rings is 3. The number of rotatable bonds is 14. The lowest BCUT2D eigenvalue weighted by Crippen LogP contribution is -2.56. The van der Waals surface area contributed by atoms with Gasteiger partial charge in [-0.1, -0.05) is 36.3 Å². The Kier molecular flexibility index (Phi) is 15.0. The SMILES string of the molecule is C#C[C@@H]1CC([C@H](NC(=O)OC)C(=O)N2[C@@H](C)CC[C@H]2c2nc3c(ccc4cc5c(cc43)OCc3cc(-c4cnc(CN(C(=O)[C@@H](NC(=O)OC)C6C[C@@H](C)O[C@H](C=C)C6)[C@@H](C)CC=C)[nH]4)ccc3-5)[nH]2)C[C@@H](C)O1. The third-order valence-electron chi connectivity index (χ3n) is 15.2. The zero-order chi connectivity index (χ0) is 51.7. The Balaban J connectivity index is 0.952. The third kappa shape index (κ3) is 10.4. The van der Waals surface area contributed by atoms with Crippen molar-refractivity contribution in [2.75, 3.05) is 14.2 Å². The monoisotopic (exact) mass is 994 g/mol. The van der Waals surface area contributed by atoms with Gasteiger partial charge in [-0.05, 0) is 131 Å². The Bertz CT molecular complexity index is 2960. The molecule has 9 rings (SSSR count). The molecule has 4 N–H and O–H groups in total. The van der Waals surface area contributed by atoms with Crippen LogP contribution in [0.25, 0.3) is 44.2 Å². The van der Waals surface area contributed by atoms with Crippen molar-refractivity contribution in [2.24, 2.45) is 11.8 Å². The summed E-state index contributed by atoms with van der Waals surface area (Å²) < 4.78 is 28.4. The minimum atomic E-state index is -0.859.